The fourth-order valence-corrected chi connectivity index (χ4v) is 3.28. The van der Waals surface area contributed by atoms with Gasteiger partial charge in [0.15, 0.2) is 0 Å². The van der Waals surface area contributed by atoms with Crippen molar-refractivity contribution in [1.82, 2.24) is 10.6 Å². The maximum Gasteiger partial charge on any atom is 0.325 e. The standard InChI is InChI=1S/C15H17FN2O4S/c1-22-13(19)7-17-14(20)11-8-23-12(15(21)18-11)6-9-4-2-3-5-10(9)16/h2-5,11-12H,6-8H2,1H3,(H,17,20)(H,18,21). The van der Waals surface area contributed by atoms with E-state index in [4.69, 9.17) is 0 Å². The Hall–Kier alpha value is -2.09. The number of amides is 2. The molecule has 0 aliphatic carbocycles. The maximum absolute atomic E-state index is 13.6. The molecule has 6 nitrogen and oxygen atoms in total. The van der Waals surface area contributed by atoms with E-state index in [0.29, 0.717) is 11.3 Å². The molecular weight excluding hydrogens is 323 g/mol. The van der Waals surface area contributed by atoms with Crippen LogP contribution in [-0.2, 0) is 25.5 Å². The van der Waals surface area contributed by atoms with E-state index >= 15 is 0 Å². The van der Waals surface area contributed by atoms with Gasteiger partial charge >= 0.3 is 5.97 Å². The molecule has 2 N–H and O–H groups in total. The zero-order valence-electron chi connectivity index (χ0n) is 12.5. The van der Waals surface area contributed by atoms with Crippen LogP contribution in [0, 0.1) is 5.82 Å². The number of carbonyl (C=O) groups excluding carboxylic acids is 3. The lowest BCUT2D eigenvalue weighted by molar-refractivity contribution is -0.141. The summed E-state index contributed by atoms with van der Waals surface area (Å²) < 4.78 is 18.1. The zero-order chi connectivity index (χ0) is 16.8. The van der Waals surface area contributed by atoms with Crippen molar-refractivity contribution in [2.75, 3.05) is 19.4 Å². The van der Waals surface area contributed by atoms with Crippen molar-refractivity contribution in [2.24, 2.45) is 0 Å². The highest BCUT2D eigenvalue weighted by molar-refractivity contribution is 8.00. The van der Waals surface area contributed by atoms with Gasteiger partial charge in [0.1, 0.15) is 18.4 Å². The van der Waals surface area contributed by atoms with Gasteiger partial charge in [0.25, 0.3) is 0 Å². The van der Waals surface area contributed by atoms with E-state index in [2.05, 4.69) is 15.4 Å². The molecule has 1 aliphatic heterocycles. The summed E-state index contributed by atoms with van der Waals surface area (Å²) in [5, 5.41) is 4.55. The third-order valence-corrected chi connectivity index (χ3v) is 4.70. The van der Waals surface area contributed by atoms with Crippen molar-refractivity contribution in [1.29, 1.82) is 0 Å². The fraction of sp³-hybridized carbons (Fsp3) is 0.400. The minimum Gasteiger partial charge on any atom is -0.468 e. The van der Waals surface area contributed by atoms with Crippen LogP contribution >= 0.6 is 11.8 Å². The highest BCUT2D eigenvalue weighted by Gasteiger charge is 2.32. The number of carbonyl (C=O) groups is 3. The molecule has 8 heteroatoms. The molecule has 23 heavy (non-hydrogen) atoms. The molecule has 1 fully saturated rings. The summed E-state index contributed by atoms with van der Waals surface area (Å²) in [6.07, 6.45) is 0.264. The lowest BCUT2D eigenvalue weighted by Gasteiger charge is -2.28. The van der Waals surface area contributed by atoms with Crippen molar-refractivity contribution in [3.8, 4) is 0 Å². The number of rotatable bonds is 5. The van der Waals surface area contributed by atoms with Crippen molar-refractivity contribution in [3.05, 3.63) is 35.6 Å². The number of benzene rings is 1. The number of methoxy groups -OCH3 is 1. The number of ether oxygens (including phenoxy) is 1. The highest BCUT2D eigenvalue weighted by atomic mass is 32.2. The maximum atomic E-state index is 13.6. The van der Waals surface area contributed by atoms with Gasteiger partial charge in [-0.05, 0) is 18.1 Å². The van der Waals surface area contributed by atoms with Gasteiger partial charge in [0, 0.05) is 5.75 Å². The lowest BCUT2D eigenvalue weighted by Crippen LogP contribution is -2.55. The number of halogens is 1. The summed E-state index contributed by atoms with van der Waals surface area (Å²) in [7, 11) is 1.22. The Morgan fingerprint density at radius 2 is 2.17 bits per heavy atom. The first-order valence-electron chi connectivity index (χ1n) is 7.01. The number of hydrogen-bond acceptors (Lipinski definition) is 5. The van der Waals surface area contributed by atoms with E-state index in [1.807, 2.05) is 0 Å². The van der Waals surface area contributed by atoms with Crippen LogP contribution in [0.2, 0.25) is 0 Å². The molecule has 124 valence electrons. The summed E-state index contributed by atoms with van der Waals surface area (Å²) >= 11 is 1.30. The first-order chi connectivity index (χ1) is 11.0. The molecule has 1 aromatic rings. The smallest absolute Gasteiger partial charge is 0.325 e. The number of esters is 1. The number of hydrogen-bond donors (Lipinski definition) is 2. The second-order valence-electron chi connectivity index (χ2n) is 4.97. The van der Waals surface area contributed by atoms with Crippen LogP contribution in [0.3, 0.4) is 0 Å². The Balaban J connectivity index is 1.87. The molecule has 1 aliphatic rings. The summed E-state index contributed by atoms with van der Waals surface area (Å²) in [6.45, 7) is -0.245. The molecule has 0 aromatic heterocycles. The Kier molecular flexibility index (Phi) is 5.97. The van der Waals surface area contributed by atoms with Gasteiger partial charge in [0.2, 0.25) is 11.8 Å². The van der Waals surface area contributed by atoms with Gasteiger partial charge in [-0.1, -0.05) is 18.2 Å². The van der Waals surface area contributed by atoms with Crippen molar-refractivity contribution >= 4 is 29.5 Å². The predicted molar refractivity (Wildman–Crippen MR) is 83.3 cm³/mol. The average molecular weight is 340 g/mol. The second kappa shape index (κ2) is 7.96. The van der Waals surface area contributed by atoms with Gasteiger partial charge in [-0.15, -0.1) is 11.8 Å². The number of thioether (sulfide) groups is 1. The molecule has 2 unspecified atom stereocenters. The molecule has 1 heterocycles. The van der Waals surface area contributed by atoms with Crippen LogP contribution in [0.5, 0.6) is 0 Å². The average Bonchev–Trinajstić information content (AvgIpc) is 2.56. The second-order valence-corrected chi connectivity index (χ2v) is 6.21. The van der Waals surface area contributed by atoms with Crippen molar-refractivity contribution in [3.63, 3.8) is 0 Å². The Morgan fingerprint density at radius 3 is 2.83 bits per heavy atom. The molecule has 2 amide bonds. The Bertz CT molecular complexity index is 611. The van der Waals surface area contributed by atoms with Gasteiger partial charge in [0.05, 0.1) is 12.4 Å². The normalized spacial score (nSPS) is 20.5. The van der Waals surface area contributed by atoms with Crippen LogP contribution in [0.25, 0.3) is 0 Å². The SMILES string of the molecule is COC(=O)CNC(=O)C1CSC(Cc2ccccc2F)C(=O)N1. The van der Waals surface area contributed by atoms with Gasteiger partial charge in [-0.3, -0.25) is 14.4 Å². The summed E-state index contributed by atoms with van der Waals surface area (Å²) in [6, 6.07) is 5.58. The minimum atomic E-state index is -0.714. The molecule has 0 radical (unpaired) electrons. The van der Waals surface area contributed by atoms with E-state index in [1.54, 1.807) is 18.2 Å². The van der Waals surface area contributed by atoms with Gasteiger partial charge in [-0.25, -0.2) is 4.39 Å². The van der Waals surface area contributed by atoms with E-state index in [0.717, 1.165) is 0 Å². The van der Waals surface area contributed by atoms with Crippen LogP contribution in [0.15, 0.2) is 24.3 Å². The molecule has 0 spiro atoms. The minimum absolute atomic E-state index is 0.245. The van der Waals surface area contributed by atoms with Crippen LogP contribution in [-0.4, -0.2) is 48.5 Å². The van der Waals surface area contributed by atoms with Gasteiger partial charge < -0.3 is 15.4 Å². The summed E-state index contributed by atoms with van der Waals surface area (Å²) in [5.41, 5.74) is 0.466. The molecule has 1 aromatic carbocycles. The van der Waals surface area contributed by atoms with E-state index in [-0.39, 0.29) is 24.7 Å². The Labute approximate surface area is 137 Å². The molecular formula is C15H17FN2O4S. The molecule has 1 saturated heterocycles. The predicted octanol–water partition coefficient (Wildman–Crippen LogP) is 0.258. The quantitative estimate of drug-likeness (QED) is 0.751. The van der Waals surface area contributed by atoms with E-state index in [9.17, 15) is 18.8 Å². The van der Waals surface area contributed by atoms with Gasteiger partial charge in [-0.2, -0.15) is 0 Å². The molecule has 2 atom stereocenters. The number of nitrogens with one attached hydrogen (secondary N) is 2. The Morgan fingerprint density at radius 1 is 1.43 bits per heavy atom. The van der Waals surface area contributed by atoms with Crippen molar-refractivity contribution < 1.29 is 23.5 Å². The summed E-state index contributed by atoms with van der Waals surface area (Å²) in [5.74, 6) is -1.31. The van der Waals surface area contributed by atoms with Crippen LogP contribution in [0.4, 0.5) is 4.39 Å². The first-order valence-corrected chi connectivity index (χ1v) is 8.06. The van der Waals surface area contributed by atoms with Crippen LogP contribution < -0.4 is 10.6 Å². The summed E-state index contributed by atoms with van der Waals surface area (Å²) in [4.78, 5) is 35.0. The largest absolute Gasteiger partial charge is 0.468 e. The highest BCUT2D eigenvalue weighted by Crippen LogP contribution is 2.23. The van der Waals surface area contributed by atoms with E-state index < -0.39 is 23.2 Å². The van der Waals surface area contributed by atoms with Crippen LogP contribution in [0.1, 0.15) is 5.56 Å². The third kappa shape index (κ3) is 4.69. The monoisotopic (exact) mass is 340 g/mol. The van der Waals surface area contributed by atoms with E-state index in [1.165, 1.54) is 24.9 Å². The fourth-order valence-electron chi connectivity index (χ4n) is 2.11. The van der Waals surface area contributed by atoms with Crippen molar-refractivity contribution in [2.45, 2.75) is 17.7 Å². The lowest BCUT2D eigenvalue weighted by atomic mass is 10.1. The molecule has 0 saturated carbocycles. The molecule has 0 bridgehead atoms. The zero-order valence-corrected chi connectivity index (χ0v) is 13.3. The first kappa shape index (κ1) is 17.3. The topological polar surface area (TPSA) is 84.5 Å². The molecule has 2 rings (SSSR count). The third-order valence-electron chi connectivity index (χ3n) is 3.39.